The smallest absolute Gasteiger partial charge is 0.137 e. The van der Waals surface area contributed by atoms with Crippen molar-refractivity contribution in [2.24, 2.45) is 0 Å². The Labute approximate surface area is 148 Å². The molecule has 26 heavy (non-hydrogen) atoms. The lowest BCUT2D eigenvalue weighted by Gasteiger charge is -2.08. The highest BCUT2D eigenvalue weighted by molar-refractivity contribution is 6.08. The Morgan fingerprint density at radius 3 is 1.19 bits per heavy atom. The van der Waals surface area contributed by atoms with Crippen LogP contribution in [0.2, 0.25) is 0 Å². The van der Waals surface area contributed by atoms with E-state index in [2.05, 4.69) is 0 Å². The molecule has 6 heteroatoms. The third-order valence-electron chi connectivity index (χ3n) is 4.12. The summed E-state index contributed by atoms with van der Waals surface area (Å²) in [6.07, 6.45) is 2.91. The lowest BCUT2D eigenvalue weighted by molar-refractivity contribution is 1.45. The summed E-state index contributed by atoms with van der Waals surface area (Å²) in [4.78, 5) is 0. The van der Waals surface area contributed by atoms with Gasteiger partial charge in [-0.25, -0.2) is 0 Å². The quantitative estimate of drug-likeness (QED) is 0.669. The van der Waals surface area contributed by atoms with Crippen molar-refractivity contribution in [3.63, 3.8) is 0 Å². The maximum atomic E-state index is 9.36. The number of allylic oxidation sites excluding steroid dienone is 8. The Hall–Kier alpha value is -4.88. The number of nitrogens with zero attached hydrogens (tertiary/aromatic N) is 6. The van der Waals surface area contributed by atoms with E-state index in [1.807, 2.05) is 12.1 Å². The molecule has 0 heterocycles. The van der Waals surface area contributed by atoms with Gasteiger partial charge in [0.1, 0.15) is 35.4 Å². The molecule has 114 valence electrons. The van der Waals surface area contributed by atoms with Gasteiger partial charge in [-0.2, -0.15) is 31.6 Å². The lowest BCUT2D eigenvalue weighted by atomic mass is 9.92. The normalized spacial score (nSPS) is 12.7. The van der Waals surface area contributed by atoms with Crippen molar-refractivity contribution < 1.29 is 0 Å². The second-order valence-electron chi connectivity index (χ2n) is 5.31. The Morgan fingerprint density at radius 1 is 0.538 bits per heavy atom. The molecule has 0 bridgehead atoms. The van der Waals surface area contributed by atoms with Crippen LogP contribution in [0.3, 0.4) is 0 Å². The zero-order valence-corrected chi connectivity index (χ0v) is 13.0. The molecular formula is C20H4N6. The minimum absolute atomic E-state index is 0.144. The molecule has 3 rings (SSSR count). The Kier molecular flexibility index (Phi) is 3.67. The predicted molar refractivity (Wildman–Crippen MR) is 89.9 cm³/mol. The minimum atomic E-state index is -0.144. The first-order valence-electron chi connectivity index (χ1n) is 7.15. The molecule has 2 aliphatic carbocycles. The van der Waals surface area contributed by atoms with Gasteiger partial charge in [0, 0.05) is 22.3 Å². The Bertz CT molecular complexity index is 1140. The van der Waals surface area contributed by atoms with Crippen LogP contribution in [0.15, 0.2) is 35.4 Å². The molecule has 0 unspecified atom stereocenters. The first-order chi connectivity index (χ1) is 12.6. The van der Waals surface area contributed by atoms with Gasteiger partial charge in [0.05, 0.1) is 23.3 Å². The molecule has 0 atom stereocenters. The summed E-state index contributed by atoms with van der Waals surface area (Å²) in [6, 6.07) is 14.5. The van der Waals surface area contributed by atoms with E-state index in [0.717, 1.165) is 0 Å². The highest BCUT2D eigenvalue weighted by atomic mass is 14.4. The standard InChI is InChI=1S/C20H4N6/c21-5-11-1-15(13(7-23)8-24)19-4-20-16(14(9-25)10-26)2-12(6-22)18(20)3-17(11)19/h1-4H. The van der Waals surface area contributed by atoms with Crippen LogP contribution in [0.4, 0.5) is 0 Å². The van der Waals surface area contributed by atoms with Crippen LogP contribution in [0.5, 0.6) is 0 Å². The number of fused-ring (bicyclic) bond motifs is 2. The molecule has 6 nitrogen and oxygen atoms in total. The fraction of sp³-hybridized carbons (Fsp3) is 0. The molecule has 0 saturated heterocycles. The van der Waals surface area contributed by atoms with Crippen LogP contribution >= 0.6 is 0 Å². The molecule has 0 radical (unpaired) electrons. The number of nitriles is 6. The van der Waals surface area contributed by atoms with Crippen molar-refractivity contribution in [1.29, 1.82) is 31.6 Å². The van der Waals surface area contributed by atoms with Crippen molar-refractivity contribution in [3.8, 4) is 36.4 Å². The highest BCUT2D eigenvalue weighted by Gasteiger charge is 2.29. The number of hydrogen-bond donors (Lipinski definition) is 0. The Morgan fingerprint density at radius 2 is 0.885 bits per heavy atom. The molecule has 0 aliphatic heterocycles. The van der Waals surface area contributed by atoms with Gasteiger partial charge in [-0.3, -0.25) is 0 Å². The van der Waals surface area contributed by atoms with Crippen molar-refractivity contribution in [2.45, 2.75) is 0 Å². The summed E-state index contributed by atoms with van der Waals surface area (Å²) in [5, 5.41) is 55.4. The molecule has 2 aliphatic rings. The van der Waals surface area contributed by atoms with E-state index in [1.54, 1.807) is 36.4 Å². The van der Waals surface area contributed by atoms with Crippen molar-refractivity contribution in [2.75, 3.05) is 0 Å². The molecule has 0 aromatic heterocycles. The van der Waals surface area contributed by atoms with Crippen LogP contribution < -0.4 is 0 Å². The average Bonchev–Trinajstić information content (AvgIpc) is 3.21. The van der Waals surface area contributed by atoms with Gasteiger partial charge in [-0.1, -0.05) is 0 Å². The molecule has 1 aromatic carbocycles. The van der Waals surface area contributed by atoms with E-state index in [9.17, 15) is 10.5 Å². The van der Waals surface area contributed by atoms with E-state index in [1.165, 1.54) is 12.2 Å². The summed E-state index contributed by atoms with van der Waals surface area (Å²) >= 11 is 0. The molecule has 1 aromatic rings. The Balaban J connectivity index is 2.43. The minimum Gasteiger partial charge on any atom is -0.192 e. The fourth-order valence-corrected chi connectivity index (χ4v) is 2.98. The summed E-state index contributed by atoms with van der Waals surface area (Å²) in [5.41, 5.74) is 2.85. The molecule has 0 N–H and O–H groups in total. The van der Waals surface area contributed by atoms with E-state index < -0.39 is 0 Å². The molecular weight excluding hydrogens is 324 g/mol. The molecule has 0 fully saturated rings. The monoisotopic (exact) mass is 328 g/mol. The first kappa shape index (κ1) is 16.0. The summed E-state index contributed by atoms with van der Waals surface area (Å²) in [5.74, 6) is 0. The summed E-state index contributed by atoms with van der Waals surface area (Å²) in [6.45, 7) is 0. The van der Waals surface area contributed by atoms with Crippen molar-refractivity contribution in [3.05, 3.63) is 57.7 Å². The van der Waals surface area contributed by atoms with Gasteiger partial charge in [-0.05, 0) is 35.4 Å². The third-order valence-corrected chi connectivity index (χ3v) is 4.12. The number of hydrogen-bond acceptors (Lipinski definition) is 6. The van der Waals surface area contributed by atoms with Crippen LogP contribution in [0, 0.1) is 68.0 Å². The van der Waals surface area contributed by atoms with Crippen molar-refractivity contribution >= 4 is 22.3 Å². The maximum Gasteiger partial charge on any atom is 0.137 e. The topological polar surface area (TPSA) is 143 Å². The van der Waals surface area contributed by atoms with Crippen LogP contribution in [-0.2, 0) is 0 Å². The second-order valence-corrected chi connectivity index (χ2v) is 5.31. The van der Waals surface area contributed by atoms with Crippen LogP contribution in [0.25, 0.3) is 22.3 Å². The average molecular weight is 328 g/mol. The van der Waals surface area contributed by atoms with Crippen LogP contribution in [-0.4, -0.2) is 0 Å². The number of rotatable bonds is 0. The molecule has 0 saturated carbocycles. The third kappa shape index (κ3) is 2.07. The summed E-state index contributed by atoms with van der Waals surface area (Å²) < 4.78 is 0. The second kappa shape index (κ2) is 5.96. The van der Waals surface area contributed by atoms with Gasteiger partial charge < -0.3 is 0 Å². The SMILES string of the molecule is N#CC1=CC(=C(C#N)C#N)c2cc3c(cc21)C(C#N)=CC3=C(C#N)C#N. The van der Waals surface area contributed by atoms with E-state index in [4.69, 9.17) is 21.0 Å². The van der Waals surface area contributed by atoms with Gasteiger partial charge >= 0.3 is 0 Å². The van der Waals surface area contributed by atoms with Crippen LogP contribution in [0.1, 0.15) is 22.3 Å². The largest absolute Gasteiger partial charge is 0.192 e. The van der Waals surface area contributed by atoms with E-state index >= 15 is 0 Å². The van der Waals surface area contributed by atoms with Crippen molar-refractivity contribution in [1.82, 2.24) is 0 Å². The zero-order chi connectivity index (χ0) is 18.8. The molecule has 0 spiro atoms. The van der Waals surface area contributed by atoms with E-state index in [0.29, 0.717) is 33.4 Å². The fourth-order valence-electron chi connectivity index (χ4n) is 2.98. The lowest BCUT2D eigenvalue weighted by Crippen LogP contribution is -1.93. The van der Waals surface area contributed by atoms with Gasteiger partial charge in [-0.15, -0.1) is 0 Å². The van der Waals surface area contributed by atoms with Gasteiger partial charge in [0.25, 0.3) is 0 Å². The zero-order valence-electron chi connectivity index (χ0n) is 13.0. The highest BCUT2D eigenvalue weighted by Crippen LogP contribution is 2.44. The predicted octanol–water partition coefficient (Wildman–Crippen LogP) is 3.13. The molecule has 0 amide bonds. The van der Waals surface area contributed by atoms with Gasteiger partial charge in [0.15, 0.2) is 0 Å². The maximum absolute atomic E-state index is 9.36. The first-order valence-corrected chi connectivity index (χ1v) is 7.15. The van der Waals surface area contributed by atoms with E-state index in [-0.39, 0.29) is 22.3 Å². The van der Waals surface area contributed by atoms with Gasteiger partial charge in [0.2, 0.25) is 0 Å². The summed E-state index contributed by atoms with van der Waals surface area (Å²) in [7, 11) is 0. The number of benzene rings is 1.